The summed E-state index contributed by atoms with van der Waals surface area (Å²) in [5, 5.41) is 2.66. The molecule has 3 nitrogen and oxygen atoms in total. The van der Waals surface area contributed by atoms with Crippen molar-refractivity contribution in [3.05, 3.63) is 42.0 Å². The van der Waals surface area contributed by atoms with Crippen molar-refractivity contribution in [1.82, 2.24) is 0 Å². The number of rotatable bonds is 3. The van der Waals surface area contributed by atoms with Gasteiger partial charge in [-0.25, -0.2) is 0 Å². The van der Waals surface area contributed by atoms with E-state index in [4.69, 9.17) is 0 Å². The molecule has 0 aromatic heterocycles. The second-order valence-electron chi connectivity index (χ2n) is 3.13. The molecular weight excluding hydrogens is 190 g/mol. The largest absolute Gasteiger partial charge is 0.323 e. The van der Waals surface area contributed by atoms with Crippen LogP contribution >= 0.6 is 0 Å². The van der Waals surface area contributed by atoms with Crippen molar-refractivity contribution in [2.24, 2.45) is 0 Å². The van der Waals surface area contributed by atoms with Crippen molar-refractivity contribution >= 4 is 17.4 Å². The van der Waals surface area contributed by atoms with E-state index in [0.717, 1.165) is 0 Å². The molecule has 3 heteroatoms. The standard InChI is InChI=1S/C12H13NO2/c1-3-5-12(15)13-11-7-4-6-10(8-11)9(2)14/h3-8H,1-2H3,(H,13,15). The Morgan fingerprint density at radius 3 is 2.67 bits per heavy atom. The number of benzene rings is 1. The van der Waals surface area contributed by atoms with Gasteiger partial charge in [0.2, 0.25) is 5.91 Å². The summed E-state index contributed by atoms with van der Waals surface area (Å²) in [6.07, 6.45) is 3.09. The van der Waals surface area contributed by atoms with Gasteiger partial charge in [0.25, 0.3) is 0 Å². The van der Waals surface area contributed by atoms with Gasteiger partial charge in [-0.1, -0.05) is 18.2 Å². The Kier molecular flexibility index (Phi) is 3.80. The summed E-state index contributed by atoms with van der Waals surface area (Å²) < 4.78 is 0. The number of nitrogens with one attached hydrogen (secondary N) is 1. The van der Waals surface area contributed by atoms with E-state index < -0.39 is 0 Å². The number of hydrogen-bond acceptors (Lipinski definition) is 2. The minimum absolute atomic E-state index is 0.0165. The molecule has 0 radical (unpaired) electrons. The van der Waals surface area contributed by atoms with Crippen LogP contribution in [0.3, 0.4) is 0 Å². The molecule has 0 aliphatic rings. The van der Waals surface area contributed by atoms with Gasteiger partial charge >= 0.3 is 0 Å². The smallest absolute Gasteiger partial charge is 0.248 e. The van der Waals surface area contributed by atoms with Crippen molar-refractivity contribution < 1.29 is 9.59 Å². The summed E-state index contributed by atoms with van der Waals surface area (Å²) in [6, 6.07) is 6.85. The van der Waals surface area contributed by atoms with Crippen molar-refractivity contribution in [2.75, 3.05) is 5.32 Å². The molecule has 1 amide bonds. The molecule has 1 aromatic carbocycles. The number of anilines is 1. The van der Waals surface area contributed by atoms with Gasteiger partial charge in [0.05, 0.1) is 0 Å². The normalized spacial score (nSPS) is 10.3. The van der Waals surface area contributed by atoms with Gasteiger partial charge in [0.15, 0.2) is 5.78 Å². The fourth-order valence-corrected chi connectivity index (χ4v) is 1.15. The molecule has 0 heterocycles. The Hall–Kier alpha value is -1.90. The predicted octanol–water partition coefficient (Wildman–Crippen LogP) is 2.40. The first-order valence-corrected chi connectivity index (χ1v) is 4.68. The van der Waals surface area contributed by atoms with Crippen LogP contribution in [0.2, 0.25) is 0 Å². The van der Waals surface area contributed by atoms with Crippen LogP contribution in [0.15, 0.2) is 36.4 Å². The van der Waals surface area contributed by atoms with Gasteiger partial charge in [-0.3, -0.25) is 9.59 Å². The van der Waals surface area contributed by atoms with Crippen LogP contribution < -0.4 is 5.32 Å². The molecule has 0 atom stereocenters. The fourth-order valence-electron chi connectivity index (χ4n) is 1.15. The van der Waals surface area contributed by atoms with Gasteiger partial charge < -0.3 is 5.32 Å². The Morgan fingerprint density at radius 1 is 1.33 bits per heavy atom. The number of ketones is 1. The molecule has 0 unspecified atom stereocenters. The Balaban J connectivity index is 2.82. The van der Waals surface area contributed by atoms with Crippen LogP contribution in [0.1, 0.15) is 24.2 Å². The second kappa shape index (κ2) is 5.10. The number of hydrogen-bond donors (Lipinski definition) is 1. The van der Waals surface area contributed by atoms with E-state index in [-0.39, 0.29) is 11.7 Å². The average molecular weight is 203 g/mol. The van der Waals surface area contributed by atoms with E-state index in [0.29, 0.717) is 11.3 Å². The van der Waals surface area contributed by atoms with Crippen LogP contribution in [0.25, 0.3) is 0 Å². The molecule has 1 N–H and O–H groups in total. The highest BCUT2D eigenvalue weighted by Crippen LogP contribution is 2.10. The van der Waals surface area contributed by atoms with Crippen molar-refractivity contribution in [3.63, 3.8) is 0 Å². The summed E-state index contributed by atoms with van der Waals surface area (Å²) >= 11 is 0. The van der Waals surface area contributed by atoms with E-state index >= 15 is 0 Å². The van der Waals surface area contributed by atoms with E-state index in [2.05, 4.69) is 5.32 Å². The van der Waals surface area contributed by atoms with Crippen LogP contribution in [0.4, 0.5) is 5.69 Å². The van der Waals surface area contributed by atoms with Gasteiger partial charge in [0.1, 0.15) is 0 Å². The lowest BCUT2D eigenvalue weighted by Gasteiger charge is -2.03. The van der Waals surface area contributed by atoms with Crippen LogP contribution in [-0.2, 0) is 4.79 Å². The molecule has 0 aliphatic carbocycles. The molecule has 1 rings (SSSR count). The molecule has 0 spiro atoms. The summed E-state index contributed by atoms with van der Waals surface area (Å²) in [6.45, 7) is 3.26. The number of carbonyl (C=O) groups is 2. The third kappa shape index (κ3) is 3.38. The molecule has 78 valence electrons. The Labute approximate surface area is 88.8 Å². The maximum Gasteiger partial charge on any atom is 0.248 e. The van der Waals surface area contributed by atoms with E-state index in [1.165, 1.54) is 13.0 Å². The van der Waals surface area contributed by atoms with E-state index in [1.807, 2.05) is 0 Å². The minimum atomic E-state index is -0.196. The highest BCUT2D eigenvalue weighted by molar-refractivity contribution is 6.01. The zero-order chi connectivity index (χ0) is 11.3. The Morgan fingerprint density at radius 2 is 2.07 bits per heavy atom. The lowest BCUT2D eigenvalue weighted by Crippen LogP contribution is -2.08. The van der Waals surface area contributed by atoms with Gasteiger partial charge in [-0.2, -0.15) is 0 Å². The van der Waals surface area contributed by atoms with Crippen LogP contribution in [-0.4, -0.2) is 11.7 Å². The van der Waals surface area contributed by atoms with Crippen LogP contribution in [0.5, 0.6) is 0 Å². The molecule has 0 saturated heterocycles. The minimum Gasteiger partial charge on any atom is -0.323 e. The lowest BCUT2D eigenvalue weighted by atomic mass is 10.1. The quantitative estimate of drug-likeness (QED) is 0.605. The third-order valence-electron chi connectivity index (χ3n) is 1.85. The average Bonchev–Trinajstić information content (AvgIpc) is 2.18. The molecular formula is C12H13NO2. The van der Waals surface area contributed by atoms with E-state index in [1.54, 1.807) is 37.3 Å². The van der Waals surface area contributed by atoms with Gasteiger partial charge in [-0.05, 0) is 32.1 Å². The topological polar surface area (TPSA) is 46.2 Å². The first kappa shape index (κ1) is 11.2. The van der Waals surface area contributed by atoms with Gasteiger partial charge in [0, 0.05) is 11.3 Å². The highest BCUT2D eigenvalue weighted by atomic mass is 16.1. The van der Waals surface area contributed by atoms with Crippen molar-refractivity contribution in [1.29, 1.82) is 0 Å². The number of Topliss-reactive ketones (excluding diaryl/α,β-unsaturated/α-hetero) is 1. The third-order valence-corrected chi connectivity index (χ3v) is 1.85. The molecule has 1 aromatic rings. The van der Waals surface area contributed by atoms with Crippen molar-refractivity contribution in [3.8, 4) is 0 Å². The molecule has 15 heavy (non-hydrogen) atoms. The maximum atomic E-state index is 11.2. The maximum absolute atomic E-state index is 11.2. The summed E-state index contributed by atoms with van der Waals surface area (Å²) in [5.41, 5.74) is 1.22. The molecule has 0 saturated carbocycles. The van der Waals surface area contributed by atoms with Crippen molar-refractivity contribution in [2.45, 2.75) is 13.8 Å². The summed E-state index contributed by atoms with van der Waals surface area (Å²) in [7, 11) is 0. The zero-order valence-electron chi connectivity index (χ0n) is 8.78. The number of carbonyl (C=O) groups excluding carboxylic acids is 2. The first-order chi connectivity index (χ1) is 7.13. The Bertz CT molecular complexity index is 408. The van der Waals surface area contributed by atoms with E-state index in [9.17, 15) is 9.59 Å². The number of amides is 1. The lowest BCUT2D eigenvalue weighted by molar-refractivity contribution is -0.111. The van der Waals surface area contributed by atoms with Crippen LogP contribution in [0, 0.1) is 0 Å². The summed E-state index contributed by atoms with van der Waals surface area (Å²) in [5.74, 6) is -0.213. The summed E-state index contributed by atoms with van der Waals surface area (Å²) in [4.78, 5) is 22.3. The number of allylic oxidation sites excluding steroid dienone is 1. The fraction of sp³-hybridized carbons (Fsp3) is 0.167. The zero-order valence-corrected chi connectivity index (χ0v) is 8.78. The predicted molar refractivity (Wildman–Crippen MR) is 59.9 cm³/mol. The first-order valence-electron chi connectivity index (χ1n) is 4.68. The van der Waals surface area contributed by atoms with Gasteiger partial charge in [-0.15, -0.1) is 0 Å². The second-order valence-corrected chi connectivity index (χ2v) is 3.13. The molecule has 0 aliphatic heterocycles. The monoisotopic (exact) mass is 203 g/mol. The molecule has 0 bridgehead atoms. The molecule has 0 fully saturated rings. The highest BCUT2D eigenvalue weighted by Gasteiger charge is 2.01. The SMILES string of the molecule is CC=CC(=O)Nc1cccc(C(C)=O)c1.